The van der Waals surface area contributed by atoms with Crippen molar-refractivity contribution in [3.63, 3.8) is 0 Å². The van der Waals surface area contributed by atoms with Crippen LogP contribution in [0.1, 0.15) is 0 Å². The topological polar surface area (TPSA) is 40.5 Å². The van der Waals surface area contributed by atoms with Gasteiger partial charge in [-0.2, -0.15) is 0 Å². The molecule has 0 heterocycles. The molecule has 1 amide bonds. The standard InChI is InChI=1S/C11H11BNO2P/c12-11(15)13(16)9-3-1-8-6-10(14)4-2-7(8)5-9/h1-6,14H,12,16H2. The Balaban J connectivity index is 2.52. The lowest BCUT2D eigenvalue weighted by Crippen LogP contribution is -2.17. The van der Waals surface area contributed by atoms with Crippen molar-refractivity contribution in [1.29, 1.82) is 0 Å². The van der Waals surface area contributed by atoms with E-state index in [9.17, 15) is 9.90 Å². The molecule has 0 spiro atoms. The van der Waals surface area contributed by atoms with Gasteiger partial charge in [-0.15, -0.1) is 0 Å². The molecular formula is C11H11BNO2P. The van der Waals surface area contributed by atoms with Gasteiger partial charge in [0.15, 0.2) is 5.81 Å². The Labute approximate surface area is 96.7 Å². The Bertz CT molecular complexity index is 559. The van der Waals surface area contributed by atoms with Crippen LogP contribution >= 0.6 is 9.39 Å². The van der Waals surface area contributed by atoms with Crippen LogP contribution in [-0.4, -0.2) is 18.8 Å². The highest BCUT2D eigenvalue weighted by Gasteiger charge is 2.05. The van der Waals surface area contributed by atoms with E-state index in [0.717, 1.165) is 16.5 Å². The summed E-state index contributed by atoms with van der Waals surface area (Å²) in [5, 5.41) is 11.3. The van der Waals surface area contributed by atoms with Gasteiger partial charge in [0.05, 0.1) is 0 Å². The van der Waals surface area contributed by atoms with Gasteiger partial charge >= 0.3 is 0 Å². The number of benzene rings is 2. The SMILES string of the molecule is BC(=O)N(P)c1ccc2cc(O)ccc2c1. The summed E-state index contributed by atoms with van der Waals surface area (Å²) in [6.45, 7) is 0. The minimum atomic E-state index is -0.0388. The predicted molar refractivity (Wildman–Crippen MR) is 71.7 cm³/mol. The number of phenolic OH excluding ortho intramolecular Hbond substituents is 1. The number of rotatable bonds is 1. The molecule has 16 heavy (non-hydrogen) atoms. The van der Waals surface area contributed by atoms with Crippen molar-refractivity contribution in [1.82, 2.24) is 0 Å². The molecule has 0 aliphatic heterocycles. The fraction of sp³-hybridized carbons (Fsp3) is 0. The number of fused-ring (bicyclic) bond motifs is 1. The fourth-order valence-corrected chi connectivity index (χ4v) is 1.71. The van der Waals surface area contributed by atoms with Gasteiger partial charge in [-0.05, 0) is 44.4 Å². The number of carbonyl (C=O) groups is 1. The van der Waals surface area contributed by atoms with Crippen molar-refractivity contribution in [3.8, 4) is 5.75 Å². The van der Waals surface area contributed by atoms with Crippen molar-refractivity contribution in [2.45, 2.75) is 0 Å². The molecule has 2 aromatic carbocycles. The molecule has 1 N–H and O–H groups in total. The lowest BCUT2D eigenvalue weighted by Gasteiger charge is -2.15. The van der Waals surface area contributed by atoms with Crippen molar-refractivity contribution >= 4 is 39.5 Å². The van der Waals surface area contributed by atoms with E-state index in [1.165, 1.54) is 12.5 Å². The summed E-state index contributed by atoms with van der Waals surface area (Å²) in [5.74, 6) is 0.206. The van der Waals surface area contributed by atoms with E-state index in [0.29, 0.717) is 0 Å². The molecular weight excluding hydrogens is 220 g/mol. The lowest BCUT2D eigenvalue weighted by molar-refractivity contribution is 0.267. The quantitative estimate of drug-likeness (QED) is 0.601. The van der Waals surface area contributed by atoms with E-state index in [2.05, 4.69) is 9.39 Å². The van der Waals surface area contributed by atoms with Crippen LogP contribution in [0.3, 0.4) is 0 Å². The molecule has 0 saturated heterocycles. The normalized spacial score (nSPS) is 10.3. The first-order valence-electron chi connectivity index (χ1n) is 4.86. The number of anilines is 1. The van der Waals surface area contributed by atoms with Gasteiger partial charge in [-0.3, -0.25) is 4.79 Å². The van der Waals surface area contributed by atoms with Crippen LogP contribution in [0.15, 0.2) is 36.4 Å². The Kier molecular flexibility index (Phi) is 2.84. The molecule has 0 aliphatic carbocycles. The van der Waals surface area contributed by atoms with E-state index < -0.39 is 0 Å². The molecule has 1 unspecified atom stereocenters. The maximum absolute atomic E-state index is 11.2. The van der Waals surface area contributed by atoms with Gasteiger partial charge in [0.2, 0.25) is 7.85 Å². The largest absolute Gasteiger partial charge is 0.508 e. The molecule has 0 aliphatic rings. The van der Waals surface area contributed by atoms with Gasteiger partial charge in [-0.25, -0.2) is 0 Å². The molecule has 0 radical (unpaired) electrons. The van der Waals surface area contributed by atoms with Crippen molar-refractivity contribution in [3.05, 3.63) is 36.4 Å². The second-order valence-corrected chi connectivity index (χ2v) is 4.12. The van der Waals surface area contributed by atoms with Crippen LogP contribution in [0.25, 0.3) is 10.8 Å². The zero-order chi connectivity index (χ0) is 11.7. The number of phenols is 1. The smallest absolute Gasteiger partial charge is 0.216 e. The minimum Gasteiger partial charge on any atom is -0.508 e. The Morgan fingerprint density at radius 3 is 2.50 bits per heavy atom. The van der Waals surface area contributed by atoms with Crippen LogP contribution in [-0.2, 0) is 0 Å². The van der Waals surface area contributed by atoms with Crippen molar-refractivity contribution in [2.75, 3.05) is 4.67 Å². The average molecular weight is 231 g/mol. The highest BCUT2D eigenvalue weighted by molar-refractivity contribution is 7.22. The highest BCUT2D eigenvalue weighted by Crippen LogP contribution is 2.26. The Morgan fingerprint density at radius 1 is 1.19 bits per heavy atom. The molecule has 5 heteroatoms. The van der Waals surface area contributed by atoms with Crippen LogP contribution in [0.5, 0.6) is 5.75 Å². The maximum atomic E-state index is 11.2. The van der Waals surface area contributed by atoms with E-state index in [-0.39, 0.29) is 11.6 Å². The van der Waals surface area contributed by atoms with Gasteiger partial charge in [0.25, 0.3) is 0 Å². The minimum absolute atomic E-state index is 0.0388. The first-order valence-corrected chi connectivity index (χ1v) is 5.38. The van der Waals surface area contributed by atoms with E-state index >= 15 is 0 Å². The second kappa shape index (κ2) is 4.15. The van der Waals surface area contributed by atoms with Gasteiger partial charge in [-0.1, -0.05) is 12.1 Å². The molecule has 0 aromatic heterocycles. The average Bonchev–Trinajstić information content (AvgIpc) is 2.27. The number of hydrogen-bond acceptors (Lipinski definition) is 2. The summed E-state index contributed by atoms with van der Waals surface area (Å²) in [6.07, 6.45) is 0. The van der Waals surface area contributed by atoms with Crippen LogP contribution in [0.4, 0.5) is 10.5 Å². The summed E-state index contributed by atoms with van der Waals surface area (Å²) >= 11 is 0. The maximum Gasteiger partial charge on any atom is 0.216 e. The van der Waals surface area contributed by atoms with E-state index in [4.69, 9.17) is 0 Å². The molecule has 80 valence electrons. The monoisotopic (exact) mass is 231 g/mol. The number of aromatic hydroxyl groups is 1. The summed E-state index contributed by atoms with van der Waals surface area (Å²) < 4.78 is 1.51. The number of amides is 1. The van der Waals surface area contributed by atoms with Gasteiger partial charge < -0.3 is 9.78 Å². The third-order valence-corrected chi connectivity index (χ3v) is 3.09. The first kappa shape index (κ1) is 11.0. The van der Waals surface area contributed by atoms with Crippen LogP contribution in [0.2, 0.25) is 0 Å². The second-order valence-electron chi connectivity index (χ2n) is 3.60. The fourth-order valence-electron chi connectivity index (χ4n) is 1.55. The highest BCUT2D eigenvalue weighted by atomic mass is 31.0. The van der Waals surface area contributed by atoms with Crippen molar-refractivity contribution < 1.29 is 9.90 Å². The summed E-state index contributed by atoms with van der Waals surface area (Å²) in [4.78, 5) is 11.2. The lowest BCUT2D eigenvalue weighted by atomic mass is 10.1. The summed E-state index contributed by atoms with van der Waals surface area (Å²) in [7, 11) is 3.89. The van der Waals surface area contributed by atoms with Crippen LogP contribution < -0.4 is 4.67 Å². The van der Waals surface area contributed by atoms with E-state index in [1.54, 1.807) is 12.1 Å². The Morgan fingerprint density at radius 2 is 1.81 bits per heavy atom. The zero-order valence-electron chi connectivity index (χ0n) is 8.84. The molecule has 2 rings (SSSR count). The molecule has 1 atom stereocenters. The predicted octanol–water partition coefficient (Wildman–Crippen LogP) is 1.90. The zero-order valence-corrected chi connectivity index (χ0v) is 10.00. The molecule has 0 bridgehead atoms. The molecule has 3 nitrogen and oxygen atoms in total. The van der Waals surface area contributed by atoms with Gasteiger partial charge in [0, 0.05) is 5.69 Å². The number of nitrogens with zero attached hydrogens (tertiary/aromatic N) is 1. The Hall–Kier alpha value is -1.54. The third-order valence-electron chi connectivity index (χ3n) is 2.42. The van der Waals surface area contributed by atoms with Gasteiger partial charge in [0.1, 0.15) is 5.75 Å². The molecule has 0 saturated carbocycles. The first-order chi connectivity index (χ1) is 7.58. The molecule has 2 aromatic rings. The number of hydrogen-bond donors (Lipinski definition) is 1. The molecule has 0 fully saturated rings. The number of carbonyl (C=O) groups excluding carboxylic acids is 1. The van der Waals surface area contributed by atoms with E-state index in [1.807, 2.05) is 24.3 Å². The summed E-state index contributed by atoms with van der Waals surface area (Å²) in [5.41, 5.74) is 0.815. The van der Waals surface area contributed by atoms with Crippen LogP contribution in [0, 0.1) is 0 Å². The third kappa shape index (κ3) is 2.02. The van der Waals surface area contributed by atoms with Crippen molar-refractivity contribution in [2.24, 2.45) is 0 Å². The summed E-state index contributed by atoms with van der Waals surface area (Å²) in [6, 6.07) is 10.8.